The van der Waals surface area contributed by atoms with Crippen LogP contribution in [0.15, 0.2) is 12.1 Å². The molecule has 0 saturated heterocycles. The molecule has 0 bridgehead atoms. The third-order valence-corrected chi connectivity index (χ3v) is 3.61. The second-order valence-corrected chi connectivity index (χ2v) is 5.67. The van der Waals surface area contributed by atoms with Crippen LogP contribution in [-0.2, 0) is 6.54 Å². The Bertz CT molecular complexity index is 275. The molecule has 3 N–H and O–H groups in total. The molecule has 2 nitrogen and oxygen atoms in total. The highest BCUT2D eigenvalue weighted by molar-refractivity contribution is 7.16. The normalized spacial score (nSPS) is 13.0. The molecule has 1 unspecified atom stereocenters. The lowest BCUT2D eigenvalue weighted by atomic mass is 10.1. The number of rotatable bonds is 7. The van der Waals surface area contributed by atoms with Gasteiger partial charge in [-0.25, -0.2) is 0 Å². The average Bonchev–Trinajstić information content (AvgIpc) is 2.63. The number of thiophene rings is 1. The van der Waals surface area contributed by atoms with Crippen molar-refractivity contribution in [2.24, 2.45) is 11.7 Å². The molecule has 0 spiro atoms. The molecule has 0 saturated carbocycles. The molecule has 1 aromatic rings. The van der Waals surface area contributed by atoms with Crippen molar-refractivity contribution >= 4 is 22.9 Å². The van der Waals surface area contributed by atoms with E-state index in [1.54, 1.807) is 11.3 Å². The minimum absolute atomic E-state index is 0.642. The average molecular weight is 247 g/mol. The van der Waals surface area contributed by atoms with Gasteiger partial charge < -0.3 is 11.1 Å². The minimum Gasteiger partial charge on any atom is -0.330 e. The van der Waals surface area contributed by atoms with E-state index >= 15 is 0 Å². The molecule has 0 aliphatic carbocycles. The van der Waals surface area contributed by atoms with Gasteiger partial charge in [-0.05, 0) is 44.0 Å². The van der Waals surface area contributed by atoms with Crippen LogP contribution in [0.4, 0.5) is 0 Å². The highest BCUT2D eigenvalue weighted by Crippen LogP contribution is 2.20. The molecule has 4 heteroatoms. The first-order valence-corrected chi connectivity index (χ1v) is 6.57. The third-order valence-electron chi connectivity index (χ3n) is 2.38. The van der Waals surface area contributed by atoms with E-state index < -0.39 is 0 Å². The number of nitrogens with two attached hydrogens (primary N) is 1. The van der Waals surface area contributed by atoms with E-state index in [0.717, 1.165) is 24.0 Å². The van der Waals surface area contributed by atoms with Gasteiger partial charge in [0.15, 0.2) is 0 Å². The minimum atomic E-state index is 0.642. The van der Waals surface area contributed by atoms with Crippen molar-refractivity contribution in [2.75, 3.05) is 13.1 Å². The molecular formula is C11H19ClN2S. The molecule has 1 atom stereocenters. The summed E-state index contributed by atoms with van der Waals surface area (Å²) >= 11 is 7.48. The lowest BCUT2D eigenvalue weighted by Gasteiger charge is -2.07. The van der Waals surface area contributed by atoms with Crippen LogP contribution >= 0.6 is 22.9 Å². The Morgan fingerprint density at radius 1 is 1.53 bits per heavy atom. The molecule has 0 aromatic carbocycles. The number of nitrogens with one attached hydrogen (secondary N) is 1. The maximum absolute atomic E-state index is 5.84. The van der Waals surface area contributed by atoms with Crippen LogP contribution in [0.2, 0.25) is 4.34 Å². The Morgan fingerprint density at radius 3 is 2.93 bits per heavy atom. The second kappa shape index (κ2) is 7.23. The Morgan fingerprint density at radius 2 is 2.33 bits per heavy atom. The topological polar surface area (TPSA) is 38.0 Å². The van der Waals surface area contributed by atoms with E-state index in [4.69, 9.17) is 17.3 Å². The zero-order chi connectivity index (χ0) is 11.1. The van der Waals surface area contributed by atoms with Gasteiger partial charge in [-0.3, -0.25) is 0 Å². The van der Waals surface area contributed by atoms with Crippen LogP contribution in [-0.4, -0.2) is 13.1 Å². The Labute approximate surface area is 101 Å². The van der Waals surface area contributed by atoms with Crippen molar-refractivity contribution < 1.29 is 0 Å². The van der Waals surface area contributed by atoms with Crippen molar-refractivity contribution in [2.45, 2.75) is 26.3 Å². The fourth-order valence-electron chi connectivity index (χ4n) is 1.35. The summed E-state index contributed by atoms with van der Waals surface area (Å²) in [5.41, 5.74) is 5.55. The molecule has 0 fully saturated rings. The zero-order valence-corrected chi connectivity index (χ0v) is 10.7. The summed E-state index contributed by atoms with van der Waals surface area (Å²) in [7, 11) is 0. The summed E-state index contributed by atoms with van der Waals surface area (Å²) in [5.74, 6) is 0.642. The standard InChI is InChI=1S/C11H19ClN2S/c1-9(7-13)3-2-6-14-8-10-4-5-11(12)15-10/h4-5,9,14H,2-3,6-8,13H2,1H3. The monoisotopic (exact) mass is 246 g/mol. The van der Waals surface area contributed by atoms with Gasteiger partial charge in [0.25, 0.3) is 0 Å². The maximum Gasteiger partial charge on any atom is 0.0931 e. The van der Waals surface area contributed by atoms with E-state index in [0.29, 0.717) is 5.92 Å². The Kier molecular flexibility index (Phi) is 6.25. The smallest absolute Gasteiger partial charge is 0.0931 e. The van der Waals surface area contributed by atoms with Crippen molar-refractivity contribution in [3.63, 3.8) is 0 Å². The van der Waals surface area contributed by atoms with Gasteiger partial charge in [0.1, 0.15) is 0 Å². The van der Waals surface area contributed by atoms with E-state index in [2.05, 4.69) is 18.3 Å². The lowest BCUT2D eigenvalue weighted by molar-refractivity contribution is 0.502. The van der Waals surface area contributed by atoms with Crippen LogP contribution in [0.5, 0.6) is 0 Å². The maximum atomic E-state index is 5.84. The van der Waals surface area contributed by atoms with Gasteiger partial charge in [0.05, 0.1) is 4.34 Å². The molecule has 0 aliphatic rings. The summed E-state index contributed by atoms with van der Waals surface area (Å²) in [6, 6.07) is 4.02. The summed E-state index contributed by atoms with van der Waals surface area (Å²) in [4.78, 5) is 1.30. The predicted molar refractivity (Wildman–Crippen MR) is 68.5 cm³/mol. The van der Waals surface area contributed by atoms with E-state index in [9.17, 15) is 0 Å². The molecule has 86 valence electrons. The number of hydrogen-bond acceptors (Lipinski definition) is 3. The van der Waals surface area contributed by atoms with Gasteiger partial charge in [-0.2, -0.15) is 0 Å². The van der Waals surface area contributed by atoms with Gasteiger partial charge in [-0.1, -0.05) is 18.5 Å². The predicted octanol–water partition coefficient (Wildman–Crippen LogP) is 2.87. The first-order valence-electron chi connectivity index (χ1n) is 5.37. The molecule has 15 heavy (non-hydrogen) atoms. The summed E-state index contributed by atoms with van der Waals surface area (Å²) < 4.78 is 0.864. The second-order valence-electron chi connectivity index (χ2n) is 3.87. The summed E-state index contributed by atoms with van der Waals surface area (Å²) in [5, 5.41) is 3.41. The van der Waals surface area contributed by atoms with Gasteiger partial charge >= 0.3 is 0 Å². The zero-order valence-electron chi connectivity index (χ0n) is 9.13. The summed E-state index contributed by atoms with van der Waals surface area (Å²) in [6.07, 6.45) is 2.40. The van der Waals surface area contributed by atoms with E-state index in [1.165, 1.54) is 17.7 Å². The fourth-order valence-corrected chi connectivity index (χ4v) is 2.41. The SMILES string of the molecule is CC(CN)CCCNCc1ccc(Cl)s1. The van der Waals surface area contributed by atoms with Crippen molar-refractivity contribution in [3.8, 4) is 0 Å². The molecular weight excluding hydrogens is 228 g/mol. The Hall–Kier alpha value is -0.0900. The van der Waals surface area contributed by atoms with Crippen LogP contribution in [0.1, 0.15) is 24.6 Å². The first kappa shape index (κ1) is 13.0. The largest absolute Gasteiger partial charge is 0.330 e. The van der Waals surface area contributed by atoms with Crippen LogP contribution in [0, 0.1) is 5.92 Å². The number of halogens is 1. The van der Waals surface area contributed by atoms with E-state index in [1.807, 2.05) is 6.07 Å². The molecule has 0 radical (unpaired) electrons. The molecule has 0 aliphatic heterocycles. The molecule has 0 amide bonds. The number of hydrogen-bond donors (Lipinski definition) is 2. The quantitative estimate of drug-likeness (QED) is 0.726. The fraction of sp³-hybridized carbons (Fsp3) is 0.636. The van der Waals surface area contributed by atoms with Gasteiger partial charge in [0.2, 0.25) is 0 Å². The third kappa shape index (κ3) is 5.52. The Balaban J connectivity index is 2.02. The van der Waals surface area contributed by atoms with Crippen LogP contribution < -0.4 is 11.1 Å². The van der Waals surface area contributed by atoms with Crippen molar-refractivity contribution in [1.82, 2.24) is 5.32 Å². The van der Waals surface area contributed by atoms with Gasteiger partial charge in [0, 0.05) is 11.4 Å². The lowest BCUT2D eigenvalue weighted by Crippen LogP contribution is -2.17. The highest BCUT2D eigenvalue weighted by atomic mass is 35.5. The highest BCUT2D eigenvalue weighted by Gasteiger charge is 1.99. The molecule has 1 rings (SSSR count). The van der Waals surface area contributed by atoms with E-state index in [-0.39, 0.29) is 0 Å². The molecule has 1 aromatic heterocycles. The van der Waals surface area contributed by atoms with Crippen LogP contribution in [0.3, 0.4) is 0 Å². The van der Waals surface area contributed by atoms with Crippen LogP contribution in [0.25, 0.3) is 0 Å². The van der Waals surface area contributed by atoms with Crippen molar-refractivity contribution in [1.29, 1.82) is 0 Å². The molecule has 1 heterocycles. The van der Waals surface area contributed by atoms with Crippen molar-refractivity contribution in [3.05, 3.63) is 21.3 Å². The van der Waals surface area contributed by atoms with Gasteiger partial charge in [-0.15, -0.1) is 11.3 Å². The summed E-state index contributed by atoms with van der Waals surface area (Å²) in [6.45, 7) is 4.97. The first-order chi connectivity index (χ1) is 7.22.